The van der Waals surface area contributed by atoms with E-state index >= 15 is 0 Å². The third-order valence-corrected chi connectivity index (χ3v) is 2.55. The highest BCUT2D eigenvalue weighted by molar-refractivity contribution is 5.82. The molecule has 1 aliphatic rings. The van der Waals surface area contributed by atoms with Crippen LogP contribution >= 0.6 is 0 Å². The van der Waals surface area contributed by atoms with Crippen molar-refractivity contribution >= 4 is 11.9 Å². The fourth-order valence-electron chi connectivity index (χ4n) is 1.49. The lowest BCUT2D eigenvalue weighted by molar-refractivity contribution is -0.148. The Morgan fingerprint density at radius 1 is 1.53 bits per heavy atom. The summed E-state index contributed by atoms with van der Waals surface area (Å²) >= 11 is 0. The Labute approximate surface area is 89.6 Å². The summed E-state index contributed by atoms with van der Waals surface area (Å²) in [5, 5.41) is 0. The number of rotatable bonds is 6. The first-order valence-electron chi connectivity index (χ1n) is 5.34. The first kappa shape index (κ1) is 12.0. The van der Waals surface area contributed by atoms with Crippen LogP contribution < -0.4 is 5.73 Å². The lowest BCUT2D eigenvalue weighted by atomic mass is 10.0. The van der Waals surface area contributed by atoms with E-state index in [2.05, 4.69) is 0 Å². The zero-order chi connectivity index (χ0) is 11.3. The molecule has 1 saturated heterocycles. The summed E-state index contributed by atoms with van der Waals surface area (Å²) < 4.78 is 4.98. The molecule has 0 aromatic carbocycles. The normalized spacial score (nSPS) is 20.7. The Bertz CT molecular complexity index is 243. The number of hydrogen-bond donors (Lipinski definition) is 1. The van der Waals surface area contributed by atoms with Gasteiger partial charge in [0.05, 0.1) is 19.2 Å². The minimum absolute atomic E-state index is 0.178. The van der Waals surface area contributed by atoms with Crippen LogP contribution in [0.3, 0.4) is 0 Å². The molecule has 86 valence electrons. The van der Waals surface area contributed by atoms with E-state index in [1.165, 1.54) is 0 Å². The second-order valence-electron chi connectivity index (χ2n) is 3.75. The van der Waals surface area contributed by atoms with E-state index in [0.29, 0.717) is 6.61 Å². The number of esters is 1. The number of primary amides is 1. The number of likely N-dealkylation sites (tertiary alicyclic amines) is 1. The fourth-order valence-corrected chi connectivity index (χ4v) is 1.49. The summed E-state index contributed by atoms with van der Waals surface area (Å²) in [5.74, 6) is -0.628. The SMILES string of the molecule is CCCCOC(=O)CN1CCC1C(N)=O. The molecule has 2 N–H and O–H groups in total. The molecule has 0 aromatic rings. The average Bonchev–Trinajstić information content (AvgIpc) is 2.12. The van der Waals surface area contributed by atoms with E-state index in [1.807, 2.05) is 6.92 Å². The molecule has 0 bridgehead atoms. The molecule has 1 atom stereocenters. The van der Waals surface area contributed by atoms with Crippen molar-refractivity contribution < 1.29 is 14.3 Å². The summed E-state index contributed by atoms with van der Waals surface area (Å²) in [5.41, 5.74) is 5.15. The lowest BCUT2D eigenvalue weighted by Gasteiger charge is -2.37. The quantitative estimate of drug-likeness (QED) is 0.494. The van der Waals surface area contributed by atoms with Gasteiger partial charge in [0.25, 0.3) is 0 Å². The van der Waals surface area contributed by atoms with Gasteiger partial charge in [-0.05, 0) is 12.8 Å². The number of carbonyl (C=O) groups excluding carboxylic acids is 2. The van der Waals surface area contributed by atoms with E-state index in [9.17, 15) is 9.59 Å². The minimum atomic E-state index is -0.359. The van der Waals surface area contributed by atoms with Crippen LogP contribution in [0.5, 0.6) is 0 Å². The molecular formula is C10H18N2O3. The van der Waals surface area contributed by atoms with Crippen LogP contribution in [0.25, 0.3) is 0 Å². The molecule has 0 aliphatic carbocycles. The molecule has 0 spiro atoms. The van der Waals surface area contributed by atoms with E-state index in [-0.39, 0.29) is 24.5 Å². The topological polar surface area (TPSA) is 72.6 Å². The van der Waals surface area contributed by atoms with Gasteiger partial charge in [0, 0.05) is 6.54 Å². The van der Waals surface area contributed by atoms with Gasteiger partial charge in [-0.3, -0.25) is 14.5 Å². The molecule has 0 aromatic heterocycles. The smallest absolute Gasteiger partial charge is 0.320 e. The highest BCUT2D eigenvalue weighted by Crippen LogP contribution is 2.16. The summed E-state index contributed by atoms with van der Waals surface area (Å²) in [7, 11) is 0. The van der Waals surface area contributed by atoms with Gasteiger partial charge >= 0.3 is 5.97 Å². The number of amides is 1. The van der Waals surface area contributed by atoms with Crippen LogP contribution in [0, 0.1) is 0 Å². The van der Waals surface area contributed by atoms with Crippen molar-refractivity contribution in [1.29, 1.82) is 0 Å². The molecule has 5 nitrogen and oxygen atoms in total. The van der Waals surface area contributed by atoms with Gasteiger partial charge in [0.1, 0.15) is 0 Å². The van der Waals surface area contributed by atoms with Crippen molar-refractivity contribution in [2.24, 2.45) is 5.73 Å². The second-order valence-corrected chi connectivity index (χ2v) is 3.75. The molecule has 1 heterocycles. The second kappa shape index (κ2) is 5.70. The van der Waals surface area contributed by atoms with Gasteiger partial charge in [0.2, 0.25) is 5.91 Å². The van der Waals surface area contributed by atoms with E-state index in [1.54, 1.807) is 4.90 Å². The third kappa shape index (κ3) is 3.51. The monoisotopic (exact) mass is 214 g/mol. The molecule has 1 amide bonds. The molecule has 5 heteroatoms. The van der Waals surface area contributed by atoms with Gasteiger partial charge in [-0.1, -0.05) is 13.3 Å². The molecule has 1 rings (SSSR count). The van der Waals surface area contributed by atoms with Gasteiger partial charge in [0.15, 0.2) is 0 Å². The van der Waals surface area contributed by atoms with Gasteiger partial charge < -0.3 is 10.5 Å². The highest BCUT2D eigenvalue weighted by atomic mass is 16.5. The van der Waals surface area contributed by atoms with Gasteiger partial charge in [-0.25, -0.2) is 0 Å². The maximum Gasteiger partial charge on any atom is 0.320 e. The molecule has 15 heavy (non-hydrogen) atoms. The largest absolute Gasteiger partial charge is 0.465 e. The Morgan fingerprint density at radius 3 is 2.73 bits per heavy atom. The third-order valence-electron chi connectivity index (χ3n) is 2.55. The van der Waals surface area contributed by atoms with Crippen molar-refractivity contribution in [2.75, 3.05) is 19.7 Å². The lowest BCUT2D eigenvalue weighted by Crippen LogP contribution is -2.56. The van der Waals surface area contributed by atoms with Crippen molar-refractivity contribution in [3.05, 3.63) is 0 Å². The molecule has 1 fully saturated rings. The van der Waals surface area contributed by atoms with Crippen molar-refractivity contribution in [3.63, 3.8) is 0 Å². The zero-order valence-electron chi connectivity index (χ0n) is 9.07. The Morgan fingerprint density at radius 2 is 2.27 bits per heavy atom. The number of hydrogen-bond acceptors (Lipinski definition) is 4. The van der Waals surface area contributed by atoms with Gasteiger partial charge in [-0.2, -0.15) is 0 Å². The van der Waals surface area contributed by atoms with Crippen LogP contribution in [0.2, 0.25) is 0 Å². The Hall–Kier alpha value is -1.10. The van der Waals surface area contributed by atoms with E-state index < -0.39 is 0 Å². The molecule has 1 aliphatic heterocycles. The zero-order valence-corrected chi connectivity index (χ0v) is 9.07. The summed E-state index contributed by atoms with van der Waals surface area (Å²) in [6, 6.07) is -0.274. The molecule has 0 saturated carbocycles. The molecular weight excluding hydrogens is 196 g/mol. The predicted molar refractivity (Wildman–Crippen MR) is 55.0 cm³/mol. The summed E-state index contributed by atoms with van der Waals surface area (Å²) in [6.45, 7) is 3.42. The van der Waals surface area contributed by atoms with E-state index in [4.69, 9.17) is 10.5 Å². The maximum absolute atomic E-state index is 11.3. The van der Waals surface area contributed by atoms with Crippen LogP contribution in [0.4, 0.5) is 0 Å². The van der Waals surface area contributed by atoms with Crippen molar-refractivity contribution in [2.45, 2.75) is 32.2 Å². The average molecular weight is 214 g/mol. The minimum Gasteiger partial charge on any atom is -0.465 e. The first-order chi connectivity index (χ1) is 7.15. The van der Waals surface area contributed by atoms with Crippen molar-refractivity contribution in [1.82, 2.24) is 4.90 Å². The summed E-state index contributed by atoms with van der Waals surface area (Å²) in [4.78, 5) is 23.9. The highest BCUT2D eigenvalue weighted by Gasteiger charge is 2.33. The van der Waals surface area contributed by atoms with Crippen LogP contribution in [-0.4, -0.2) is 42.5 Å². The van der Waals surface area contributed by atoms with E-state index in [0.717, 1.165) is 25.8 Å². The fraction of sp³-hybridized carbons (Fsp3) is 0.800. The van der Waals surface area contributed by atoms with Crippen LogP contribution in [0.15, 0.2) is 0 Å². The standard InChI is InChI=1S/C10H18N2O3/c1-2-3-6-15-9(13)7-12-5-4-8(12)10(11)14/h8H,2-7H2,1H3,(H2,11,14). The first-order valence-corrected chi connectivity index (χ1v) is 5.34. The van der Waals surface area contributed by atoms with Gasteiger partial charge in [-0.15, -0.1) is 0 Å². The predicted octanol–water partition coefficient (Wildman–Crippen LogP) is -0.111. The number of nitrogens with zero attached hydrogens (tertiary/aromatic N) is 1. The number of ether oxygens (including phenoxy) is 1. The Kier molecular flexibility index (Phi) is 4.55. The number of unbranched alkanes of at least 4 members (excludes halogenated alkanes) is 1. The van der Waals surface area contributed by atoms with Crippen LogP contribution in [-0.2, 0) is 14.3 Å². The van der Waals surface area contributed by atoms with Crippen molar-refractivity contribution in [3.8, 4) is 0 Å². The molecule has 0 radical (unpaired) electrons. The molecule has 1 unspecified atom stereocenters. The Balaban J connectivity index is 2.18. The maximum atomic E-state index is 11.3. The summed E-state index contributed by atoms with van der Waals surface area (Å²) in [6.07, 6.45) is 2.63. The number of nitrogens with two attached hydrogens (primary N) is 1. The van der Waals surface area contributed by atoms with Crippen LogP contribution in [0.1, 0.15) is 26.2 Å². The number of carbonyl (C=O) groups is 2.